The Morgan fingerprint density at radius 1 is 0.808 bits per heavy atom. The van der Waals surface area contributed by atoms with Gasteiger partial charge in [0.25, 0.3) is 0 Å². The molecule has 52 heavy (non-hydrogen) atoms. The zero-order chi connectivity index (χ0) is 38.9. The average molecular weight is 773 g/mol. The predicted octanol–water partition coefficient (Wildman–Crippen LogP) is 0.0429. The van der Waals surface area contributed by atoms with Crippen LogP contribution >= 0.6 is 11.8 Å². The third-order valence-corrected chi connectivity index (χ3v) is 9.65. The van der Waals surface area contributed by atoms with E-state index in [9.17, 15) is 52.7 Å². The molecule has 3 unspecified atom stereocenters. The molecule has 15 nitrogen and oxygen atoms in total. The summed E-state index contributed by atoms with van der Waals surface area (Å²) in [7, 11) is -0.734. The first-order valence-corrected chi connectivity index (χ1v) is 19.3. The first kappa shape index (κ1) is 47.8. The molecule has 0 aromatic heterocycles. The molecule has 0 aromatic carbocycles. The van der Waals surface area contributed by atoms with Gasteiger partial charge in [-0.1, -0.05) is 19.3 Å². The summed E-state index contributed by atoms with van der Waals surface area (Å²) in [4.78, 5) is 48.0. The Morgan fingerprint density at radius 2 is 1.35 bits per heavy atom. The van der Waals surface area contributed by atoms with Crippen molar-refractivity contribution >= 4 is 42.4 Å². The summed E-state index contributed by atoms with van der Waals surface area (Å²) >= 11 is 1.43. The third-order valence-electron chi connectivity index (χ3n) is 8.37. The number of thioether (sulfide) groups is 1. The van der Waals surface area contributed by atoms with Crippen molar-refractivity contribution in [3.8, 4) is 0 Å². The van der Waals surface area contributed by atoms with E-state index < -0.39 is 67.5 Å². The van der Waals surface area contributed by atoms with Crippen LogP contribution in [-0.2, 0) is 23.9 Å². The number of ether oxygens (including phenoxy) is 1. The van der Waals surface area contributed by atoms with Crippen molar-refractivity contribution in [3.63, 3.8) is 0 Å². The van der Waals surface area contributed by atoms with E-state index in [1.807, 2.05) is 0 Å². The Hall–Kier alpha value is -2.20. The molecule has 1 fully saturated rings. The molecule has 4 amide bonds. The maximum absolute atomic E-state index is 12.7. The standard InChI is InChI=1S/C32H60BF3N6O9S/c1-33(50)41-19-11-7-13-22(42-31(49)32(34,35)36)29(48)40-18-9-3-6-15-24(44)38-16-8-2-5-14-25(45)39-17-10-4-12-20-52-30-26(37)28(47)27(46)23(21-43)51-30/h22-23,26-28,30,41,43,46-47,50H,2-21,37H2,1H3,(H,38,44)(H,39,45)(H,40,48)(H,42,49)/t22?,23?,26?,27-,28-,30-/m0/s1. The van der Waals surface area contributed by atoms with Crippen LogP contribution in [0, 0.1) is 0 Å². The van der Waals surface area contributed by atoms with Gasteiger partial charge in [0, 0.05) is 32.5 Å². The first-order chi connectivity index (χ1) is 24.7. The molecule has 0 radical (unpaired) electrons. The summed E-state index contributed by atoms with van der Waals surface area (Å²) in [5, 5.41) is 51.2. The maximum Gasteiger partial charge on any atom is 0.471 e. The van der Waals surface area contributed by atoms with Gasteiger partial charge >= 0.3 is 19.1 Å². The Labute approximate surface area is 309 Å². The number of nitrogens with two attached hydrogens (primary N) is 1. The summed E-state index contributed by atoms with van der Waals surface area (Å²) in [6, 6.07) is -2.09. The number of unbranched alkanes of at least 4 members (excludes halogenated alkanes) is 7. The first-order valence-electron chi connectivity index (χ1n) is 18.3. The van der Waals surface area contributed by atoms with Crippen molar-refractivity contribution < 1.29 is 57.4 Å². The number of rotatable bonds is 28. The number of carbonyl (C=O) groups excluding carboxylic acids is 4. The molecule has 0 aliphatic carbocycles. The highest BCUT2D eigenvalue weighted by atomic mass is 32.2. The van der Waals surface area contributed by atoms with Gasteiger partial charge in [0.1, 0.15) is 29.8 Å². The molecular formula is C32H60BF3N6O9S. The van der Waals surface area contributed by atoms with Crippen molar-refractivity contribution in [2.45, 2.75) is 139 Å². The number of nitrogens with one attached hydrogen (secondary N) is 5. The lowest BCUT2D eigenvalue weighted by atomic mass is 9.89. The molecular weight excluding hydrogens is 712 g/mol. The van der Waals surface area contributed by atoms with Crippen LogP contribution in [0.15, 0.2) is 0 Å². The van der Waals surface area contributed by atoms with E-state index in [1.165, 1.54) is 18.6 Å². The minimum absolute atomic E-state index is 0.00804. The van der Waals surface area contributed by atoms with Crippen LogP contribution in [0.5, 0.6) is 0 Å². The lowest BCUT2D eigenvalue weighted by Crippen LogP contribution is -2.60. The molecule has 1 saturated heterocycles. The minimum atomic E-state index is -5.11. The molecule has 0 bridgehead atoms. The molecule has 1 heterocycles. The van der Waals surface area contributed by atoms with Gasteiger partial charge < -0.3 is 57.3 Å². The number of amides is 4. The van der Waals surface area contributed by atoms with Crippen molar-refractivity contribution in [1.29, 1.82) is 0 Å². The average Bonchev–Trinajstić information content (AvgIpc) is 3.09. The molecule has 302 valence electrons. The van der Waals surface area contributed by atoms with E-state index in [0.29, 0.717) is 71.0 Å². The Bertz CT molecular complexity index is 1040. The summed E-state index contributed by atoms with van der Waals surface area (Å²) in [6.07, 6.45) is -0.387. The van der Waals surface area contributed by atoms with Gasteiger partial charge in [-0.15, -0.1) is 11.8 Å². The molecule has 1 aliphatic heterocycles. The smallest absolute Gasteiger partial charge is 0.437 e. The van der Waals surface area contributed by atoms with Gasteiger partial charge in [0.15, 0.2) is 0 Å². The summed E-state index contributed by atoms with van der Waals surface area (Å²) in [5.74, 6) is -2.30. The summed E-state index contributed by atoms with van der Waals surface area (Å²) in [5.41, 5.74) is 5.42. The van der Waals surface area contributed by atoms with E-state index in [0.717, 1.165) is 37.9 Å². The van der Waals surface area contributed by atoms with Crippen LogP contribution in [0.25, 0.3) is 0 Å². The maximum atomic E-state index is 12.7. The molecule has 1 aliphatic rings. The second-order valence-corrected chi connectivity index (χ2v) is 14.2. The number of halogens is 3. The van der Waals surface area contributed by atoms with Crippen molar-refractivity contribution in [2.75, 3.05) is 38.5 Å². The Morgan fingerprint density at radius 3 is 1.88 bits per heavy atom. The molecule has 6 atom stereocenters. The van der Waals surface area contributed by atoms with Crippen molar-refractivity contribution in [3.05, 3.63) is 0 Å². The highest BCUT2D eigenvalue weighted by Gasteiger charge is 2.42. The van der Waals surface area contributed by atoms with Gasteiger partial charge in [-0.05, 0) is 76.9 Å². The van der Waals surface area contributed by atoms with Crippen LogP contribution in [0.3, 0.4) is 0 Å². The molecule has 0 saturated carbocycles. The van der Waals surface area contributed by atoms with E-state index in [2.05, 4.69) is 21.2 Å². The highest BCUT2D eigenvalue weighted by Crippen LogP contribution is 2.28. The fraction of sp³-hybridized carbons (Fsp3) is 0.875. The number of aliphatic hydroxyl groups excluding tert-OH is 3. The number of carbonyl (C=O) groups is 4. The normalized spacial score (nSPS) is 20.9. The van der Waals surface area contributed by atoms with Crippen molar-refractivity contribution in [1.82, 2.24) is 26.5 Å². The number of hydrogen-bond acceptors (Lipinski definition) is 12. The van der Waals surface area contributed by atoms with Crippen LogP contribution in [0.4, 0.5) is 13.2 Å². The topological polar surface area (TPSA) is 245 Å². The van der Waals surface area contributed by atoms with Gasteiger partial charge in [-0.3, -0.25) is 19.2 Å². The van der Waals surface area contributed by atoms with Gasteiger partial charge in [-0.2, -0.15) is 13.2 Å². The summed E-state index contributed by atoms with van der Waals surface area (Å²) in [6.45, 7) is 2.77. The summed E-state index contributed by atoms with van der Waals surface area (Å²) < 4.78 is 43.8. The Balaban J connectivity index is 2.05. The van der Waals surface area contributed by atoms with Gasteiger partial charge in [0.2, 0.25) is 17.7 Å². The van der Waals surface area contributed by atoms with Crippen LogP contribution in [0.1, 0.15) is 89.9 Å². The monoisotopic (exact) mass is 772 g/mol. The third kappa shape index (κ3) is 21.5. The second kappa shape index (κ2) is 27.4. The molecule has 11 N–H and O–H groups in total. The minimum Gasteiger partial charge on any atom is -0.437 e. The fourth-order valence-electron chi connectivity index (χ4n) is 5.29. The molecule has 0 aromatic rings. The van der Waals surface area contributed by atoms with Gasteiger partial charge in [0.05, 0.1) is 12.6 Å². The number of alkyl halides is 3. The van der Waals surface area contributed by atoms with E-state index in [1.54, 1.807) is 5.32 Å². The zero-order valence-electron chi connectivity index (χ0n) is 30.1. The largest absolute Gasteiger partial charge is 0.471 e. The highest BCUT2D eigenvalue weighted by molar-refractivity contribution is 7.99. The zero-order valence-corrected chi connectivity index (χ0v) is 30.9. The van der Waals surface area contributed by atoms with E-state index in [-0.39, 0.29) is 24.8 Å². The quantitative estimate of drug-likeness (QED) is 0.0375. The number of aliphatic hydroxyl groups is 3. The molecule has 1 rings (SSSR count). The molecule has 0 spiro atoms. The second-order valence-electron chi connectivity index (χ2n) is 13.0. The SMILES string of the molecule is CB(O)NCCCCC(NC(=O)C(F)(F)F)C(=O)NCCCCCC(=O)NCCCCCC(=O)NCCCCCS[C@@H]1OC(CO)[C@H](O)[C@@H](O)C1N. The van der Waals surface area contributed by atoms with Crippen molar-refractivity contribution in [2.24, 2.45) is 5.73 Å². The van der Waals surface area contributed by atoms with Crippen LogP contribution < -0.4 is 32.2 Å². The Kier molecular flexibility index (Phi) is 25.2. The van der Waals surface area contributed by atoms with Crippen LogP contribution in [-0.4, -0.2) is 132 Å². The van der Waals surface area contributed by atoms with E-state index in [4.69, 9.17) is 10.5 Å². The van der Waals surface area contributed by atoms with E-state index >= 15 is 0 Å². The van der Waals surface area contributed by atoms with Crippen LogP contribution in [0.2, 0.25) is 6.82 Å². The lowest BCUT2D eigenvalue weighted by molar-refractivity contribution is -0.174. The van der Waals surface area contributed by atoms with Gasteiger partial charge in [-0.25, -0.2) is 0 Å². The predicted molar refractivity (Wildman–Crippen MR) is 192 cm³/mol. The lowest BCUT2D eigenvalue weighted by Gasteiger charge is -2.40. The fourth-order valence-corrected chi connectivity index (χ4v) is 6.50. The molecule has 20 heteroatoms. The number of hydrogen-bond donors (Lipinski definition) is 10.